The lowest BCUT2D eigenvalue weighted by atomic mass is 9.79. The monoisotopic (exact) mass is 206 g/mol. The van der Waals surface area contributed by atoms with Crippen LogP contribution in [-0.2, 0) is 4.74 Å². The predicted octanol–water partition coefficient (Wildman–Crippen LogP) is 3.18. The van der Waals surface area contributed by atoms with Crippen molar-refractivity contribution >= 4 is 0 Å². The quantitative estimate of drug-likeness (QED) is 0.756. The van der Waals surface area contributed by atoms with Gasteiger partial charge in [0.2, 0.25) is 0 Å². The van der Waals surface area contributed by atoms with Crippen LogP contribution in [-0.4, -0.2) is 13.2 Å². The summed E-state index contributed by atoms with van der Waals surface area (Å²) in [6.45, 7) is 8.02. The summed E-state index contributed by atoms with van der Waals surface area (Å²) in [4.78, 5) is 0. The van der Waals surface area contributed by atoms with Gasteiger partial charge >= 0.3 is 0 Å². The third-order valence-corrected chi connectivity index (χ3v) is 2.83. The van der Waals surface area contributed by atoms with Crippen molar-refractivity contribution in [1.82, 2.24) is 0 Å². The van der Waals surface area contributed by atoms with Crippen molar-refractivity contribution in [2.75, 3.05) is 13.2 Å². The van der Waals surface area contributed by atoms with Crippen molar-refractivity contribution in [2.24, 2.45) is 5.41 Å². The smallest absolute Gasteiger partial charge is 0.119 e. The van der Waals surface area contributed by atoms with Gasteiger partial charge in [-0.25, -0.2) is 0 Å². The van der Waals surface area contributed by atoms with Crippen molar-refractivity contribution in [3.63, 3.8) is 0 Å². The van der Waals surface area contributed by atoms with Gasteiger partial charge in [-0.05, 0) is 24.6 Å². The molecule has 0 radical (unpaired) electrons. The van der Waals surface area contributed by atoms with Crippen LogP contribution in [0.5, 0.6) is 5.75 Å². The van der Waals surface area contributed by atoms with Crippen LogP contribution < -0.4 is 4.74 Å². The maximum absolute atomic E-state index is 5.59. The van der Waals surface area contributed by atoms with Crippen molar-refractivity contribution in [3.8, 4) is 5.75 Å². The van der Waals surface area contributed by atoms with Crippen LogP contribution in [0.4, 0.5) is 0 Å². The number of hydrogen-bond donors (Lipinski definition) is 0. The first-order chi connectivity index (χ1) is 7.13. The van der Waals surface area contributed by atoms with Crippen molar-refractivity contribution in [1.29, 1.82) is 0 Å². The molecule has 1 heterocycles. The Bertz CT molecular complexity index is 327. The maximum atomic E-state index is 5.59. The summed E-state index contributed by atoms with van der Waals surface area (Å²) in [5.74, 6) is 0.929. The van der Waals surface area contributed by atoms with Gasteiger partial charge < -0.3 is 9.47 Å². The van der Waals surface area contributed by atoms with E-state index in [0.717, 1.165) is 12.4 Å². The second-order valence-electron chi connectivity index (χ2n) is 4.68. The third-order valence-electron chi connectivity index (χ3n) is 2.83. The van der Waals surface area contributed by atoms with Crippen LogP contribution in [0.3, 0.4) is 0 Å². The van der Waals surface area contributed by atoms with Crippen LogP contribution in [0.15, 0.2) is 24.3 Å². The minimum absolute atomic E-state index is 0.244. The molecule has 1 saturated heterocycles. The Hall–Kier alpha value is -1.02. The van der Waals surface area contributed by atoms with Gasteiger partial charge in [-0.1, -0.05) is 26.0 Å². The second-order valence-corrected chi connectivity index (χ2v) is 4.68. The predicted molar refractivity (Wildman–Crippen MR) is 60.1 cm³/mol. The Labute approximate surface area is 91.2 Å². The minimum atomic E-state index is 0.244. The Kier molecular flexibility index (Phi) is 2.70. The largest absolute Gasteiger partial charge is 0.494 e. The molecule has 0 aromatic heterocycles. The van der Waals surface area contributed by atoms with Gasteiger partial charge in [0.25, 0.3) is 0 Å². The first-order valence-corrected chi connectivity index (χ1v) is 5.48. The summed E-state index contributed by atoms with van der Waals surface area (Å²) in [5, 5.41) is 0. The van der Waals surface area contributed by atoms with Crippen LogP contribution in [0, 0.1) is 5.41 Å². The third kappa shape index (κ3) is 2.00. The molecule has 1 aliphatic rings. The van der Waals surface area contributed by atoms with E-state index in [-0.39, 0.29) is 11.5 Å². The van der Waals surface area contributed by atoms with E-state index in [4.69, 9.17) is 9.47 Å². The molecule has 1 unspecified atom stereocenters. The first-order valence-electron chi connectivity index (χ1n) is 5.48. The standard InChI is InChI=1S/C13H18O2/c1-4-14-11-7-5-10(6-8-11)12-13(2,3)9-15-12/h5-8,12H,4,9H2,1-3H3. The summed E-state index contributed by atoms with van der Waals surface area (Å²) in [7, 11) is 0. The number of rotatable bonds is 3. The summed E-state index contributed by atoms with van der Waals surface area (Å²) >= 11 is 0. The summed E-state index contributed by atoms with van der Waals surface area (Å²) in [6, 6.07) is 8.21. The van der Waals surface area contributed by atoms with Crippen LogP contribution >= 0.6 is 0 Å². The lowest BCUT2D eigenvalue weighted by molar-refractivity contribution is -0.172. The van der Waals surface area contributed by atoms with E-state index >= 15 is 0 Å². The van der Waals surface area contributed by atoms with E-state index in [1.165, 1.54) is 5.56 Å². The lowest BCUT2D eigenvalue weighted by Crippen LogP contribution is -2.40. The van der Waals surface area contributed by atoms with Crippen LogP contribution in [0.2, 0.25) is 0 Å². The van der Waals surface area contributed by atoms with Crippen molar-refractivity contribution in [2.45, 2.75) is 26.9 Å². The summed E-state index contributed by atoms with van der Waals surface area (Å²) in [5.41, 5.74) is 1.52. The molecule has 2 nitrogen and oxygen atoms in total. The van der Waals surface area contributed by atoms with Crippen molar-refractivity contribution < 1.29 is 9.47 Å². The van der Waals surface area contributed by atoms with E-state index in [2.05, 4.69) is 26.0 Å². The molecule has 0 aliphatic carbocycles. The van der Waals surface area contributed by atoms with Gasteiger partial charge in [0.05, 0.1) is 19.3 Å². The highest BCUT2D eigenvalue weighted by atomic mass is 16.5. The molecule has 1 aliphatic heterocycles. The molecule has 1 atom stereocenters. The van der Waals surface area contributed by atoms with E-state index in [9.17, 15) is 0 Å². The highest BCUT2D eigenvalue weighted by molar-refractivity contribution is 5.30. The van der Waals surface area contributed by atoms with Gasteiger partial charge in [-0.15, -0.1) is 0 Å². The molecule has 15 heavy (non-hydrogen) atoms. The topological polar surface area (TPSA) is 18.5 Å². The Morgan fingerprint density at radius 2 is 2.00 bits per heavy atom. The number of ether oxygens (including phenoxy) is 2. The van der Waals surface area contributed by atoms with E-state index in [1.807, 2.05) is 19.1 Å². The normalized spacial score (nSPS) is 23.3. The fourth-order valence-electron chi connectivity index (χ4n) is 1.95. The second kappa shape index (κ2) is 3.86. The fourth-order valence-corrected chi connectivity index (χ4v) is 1.95. The molecule has 0 amide bonds. The van der Waals surface area contributed by atoms with Crippen LogP contribution in [0.25, 0.3) is 0 Å². The molecule has 0 saturated carbocycles. The number of hydrogen-bond acceptors (Lipinski definition) is 2. The van der Waals surface area contributed by atoms with Gasteiger partial charge in [-0.3, -0.25) is 0 Å². The molecule has 1 fully saturated rings. The molecule has 2 rings (SSSR count). The van der Waals surface area contributed by atoms with Gasteiger partial charge in [-0.2, -0.15) is 0 Å². The zero-order valence-electron chi connectivity index (χ0n) is 9.62. The molecule has 1 aromatic carbocycles. The number of benzene rings is 1. The average Bonchev–Trinajstić information content (AvgIpc) is 2.20. The summed E-state index contributed by atoms with van der Waals surface area (Å²) < 4.78 is 11.0. The van der Waals surface area contributed by atoms with Gasteiger partial charge in [0.1, 0.15) is 5.75 Å². The van der Waals surface area contributed by atoms with Crippen molar-refractivity contribution in [3.05, 3.63) is 29.8 Å². The van der Waals surface area contributed by atoms with Crippen LogP contribution in [0.1, 0.15) is 32.4 Å². The molecular formula is C13H18O2. The fraction of sp³-hybridized carbons (Fsp3) is 0.538. The molecule has 0 spiro atoms. The molecular weight excluding hydrogens is 188 g/mol. The van der Waals surface area contributed by atoms with Gasteiger partial charge in [0.15, 0.2) is 0 Å². The van der Waals surface area contributed by atoms with E-state index < -0.39 is 0 Å². The SMILES string of the molecule is CCOc1ccc(C2OCC2(C)C)cc1. The zero-order chi connectivity index (χ0) is 10.9. The summed E-state index contributed by atoms with van der Waals surface area (Å²) in [6.07, 6.45) is 0.244. The highest BCUT2D eigenvalue weighted by Crippen LogP contribution is 2.45. The Morgan fingerprint density at radius 3 is 2.40 bits per heavy atom. The first kappa shape index (κ1) is 10.5. The van der Waals surface area contributed by atoms with E-state index in [0.29, 0.717) is 6.61 Å². The average molecular weight is 206 g/mol. The maximum Gasteiger partial charge on any atom is 0.119 e. The molecule has 1 aromatic rings. The Morgan fingerprint density at radius 1 is 1.33 bits per heavy atom. The molecule has 2 heteroatoms. The van der Waals surface area contributed by atoms with E-state index in [1.54, 1.807) is 0 Å². The minimum Gasteiger partial charge on any atom is -0.494 e. The Balaban J connectivity index is 2.10. The zero-order valence-corrected chi connectivity index (χ0v) is 9.62. The molecule has 82 valence electrons. The molecule has 0 N–H and O–H groups in total. The highest BCUT2D eigenvalue weighted by Gasteiger charge is 2.40. The van der Waals surface area contributed by atoms with Gasteiger partial charge in [0, 0.05) is 5.41 Å². The lowest BCUT2D eigenvalue weighted by Gasteiger charge is -2.44. The molecule has 0 bridgehead atoms.